The molecule has 2 N–H and O–H groups in total. The molecule has 2 aromatic heterocycles. The van der Waals surface area contributed by atoms with Gasteiger partial charge in [-0.05, 0) is 32.4 Å². The summed E-state index contributed by atoms with van der Waals surface area (Å²) in [7, 11) is 1.97. The largest absolute Gasteiger partial charge is 0.369 e. The Kier molecular flexibility index (Phi) is 2.77. The lowest BCUT2D eigenvalue weighted by molar-refractivity contribution is 0.528. The zero-order valence-corrected chi connectivity index (χ0v) is 11.9. The van der Waals surface area contributed by atoms with Crippen molar-refractivity contribution in [1.82, 2.24) is 19.3 Å². The lowest BCUT2D eigenvalue weighted by Crippen LogP contribution is -2.12. The highest BCUT2D eigenvalue weighted by molar-refractivity contribution is 7.99. The number of imidazole rings is 1. The zero-order chi connectivity index (χ0) is 12.9. The van der Waals surface area contributed by atoms with E-state index in [1.807, 2.05) is 30.4 Å². The maximum atomic E-state index is 6.11. The van der Waals surface area contributed by atoms with Crippen LogP contribution in [-0.2, 0) is 7.05 Å². The van der Waals surface area contributed by atoms with Crippen LogP contribution in [0.1, 0.15) is 31.0 Å². The summed E-state index contributed by atoms with van der Waals surface area (Å²) in [4.78, 5) is 4.48. The molecular weight excluding hydrogens is 246 g/mol. The molecule has 5 nitrogen and oxygen atoms in total. The van der Waals surface area contributed by atoms with Crippen molar-refractivity contribution in [3.8, 4) is 0 Å². The van der Waals surface area contributed by atoms with E-state index in [-0.39, 0.29) is 0 Å². The number of anilines is 1. The number of hydrogen-bond acceptors (Lipinski definition) is 4. The molecule has 0 aliphatic heterocycles. The highest BCUT2D eigenvalue weighted by Gasteiger charge is 2.29. The summed E-state index contributed by atoms with van der Waals surface area (Å²) in [6.45, 7) is 1.98. The average molecular weight is 265 g/mol. The Bertz CT molecular complexity index is 585. The van der Waals surface area contributed by atoms with Crippen molar-refractivity contribution < 1.29 is 0 Å². The molecule has 98 valence electrons. The molecule has 1 saturated carbocycles. The van der Waals surface area contributed by atoms with Gasteiger partial charge in [-0.25, -0.2) is 4.98 Å². The number of fused-ring (bicyclic) bond motifs is 1. The fourth-order valence-electron chi connectivity index (χ4n) is 3.04. The summed E-state index contributed by atoms with van der Waals surface area (Å²) in [6.07, 6.45) is 5.82. The van der Waals surface area contributed by atoms with Crippen LogP contribution in [-0.4, -0.2) is 30.8 Å². The minimum Gasteiger partial charge on any atom is -0.369 e. The quantitative estimate of drug-likeness (QED) is 0.903. The van der Waals surface area contributed by atoms with Crippen molar-refractivity contribution in [3.05, 3.63) is 5.69 Å². The van der Waals surface area contributed by atoms with Crippen LogP contribution in [0, 0.1) is 6.92 Å². The number of hydrogen-bond donors (Lipinski definition) is 1. The third-order valence-electron chi connectivity index (χ3n) is 3.92. The summed E-state index contributed by atoms with van der Waals surface area (Å²) in [6, 6.07) is 0.474. The molecule has 0 bridgehead atoms. The molecule has 0 saturated heterocycles. The van der Waals surface area contributed by atoms with Gasteiger partial charge in [-0.3, -0.25) is 9.25 Å². The number of rotatable bonds is 2. The van der Waals surface area contributed by atoms with E-state index in [1.165, 1.54) is 19.3 Å². The summed E-state index contributed by atoms with van der Waals surface area (Å²) < 4.78 is 4.09. The minimum absolute atomic E-state index is 0.474. The van der Waals surface area contributed by atoms with Crippen LogP contribution >= 0.6 is 11.8 Å². The summed E-state index contributed by atoms with van der Waals surface area (Å²) in [5, 5.41) is 5.19. The van der Waals surface area contributed by atoms with Gasteiger partial charge in [0.15, 0.2) is 5.65 Å². The highest BCUT2D eigenvalue weighted by Crippen LogP contribution is 2.39. The molecular formula is C12H19N5S. The average Bonchev–Trinajstić information content (AvgIpc) is 2.97. The zero-order valence-electron chi connectivity index (χ0n) is 11.1. The molecule has 2 heterocycles. The second-order valence-corrected chi connectivity index (χ2v) is 6.18. The first-order valence-corrected chi connectivity index (χ1v) is 7.60. The van der Waals surface area contributed by atoms with Gasteiger partial charge in [-0.2, -0.15) is 16.9 Å². The van der Waals surface area contributed by atoms with Crippen LogP contribution in [0.2, 0.25) is 0 Å². The normalized spacial score (nSPS) is 24.2. The molecule has 2 unspecified atom stereocenters. The SMILES string of the molecule is CSC1CCC(n2c(N)nc3c(C)nn(C)c32)C1. The van der Waals surface area contributed by atoms with Crippen LogP contribution in [0.15, 0.2) is 0 Å². The van der Waals surface area contributed by atoms with Gasteiger partial charge in [0.05, 0.1) is 5.69 Å². The third-order valence-corrected chi connectivity index (χ3v) is 5.01. The van der Waals surface area contributed by atoms with E-state index in [0.717, 1.165) is 22.1 Å². The van der Waals surface area contributed by atoms with Crippen LogP contribution in [0.25, 0.3) is 11.2 Å². The van der Waals surface area contributed by atoms with Gasteiger partial charge in [0.25, 0.3) is 0 Å². The summed E-state index contributed by atoms with van der Waals surface area (Å²) in [5.74, 6) is 0.632. The number of thioether (sulfide) groups is 1. The molecule has 0 spiro atoms. The van der Waals surface area contributed by atoms with Gasteiger partial charge in [-0.1, -0.05) is 0 Å². The first-order chi connectivity index (χ1) is 8.61. The Morgan fingerprint density at radius 3 is 2.83 bits per heavy atom. The van der Waals surface area contributed by atoms with Gasteiger partial charge in [-0.15, -0.1) is 0 Å². The number of nitrogens with two attached hydrogens (primary N) is 1. The number of aryl methyl sites for hydroxylation is 2. The van der Waals surface area contributed by atoms with E-state index in [9.17, 15) is 0 Å². The van der Waals surface area contributed by atoms with Crippen molar-refractivity contribution in [2.24, 2.45) is 7.05 Å². The summed E-state index contributed by atoms with van der Waals surface area (Å²) in [5.41, 5.74) is 9.08. The molecule has 1 fully saturated rings. The Hall–Kier alpha value is -1.17. The van der Waals surface area contributed by atoms with Crippen LogP contribution in [0.4, 0.5) is 5.95 Å². The van der Waals surface area contributed by atoms with E-state index >= 15 is 0 Å². The van der Waals surface area contributed by atoms with Gasteiger partial charge in [0, 0.05) is 18.3 Å². The van der Waals surface area contributed by atoms with Crippen molar-refractivity contribution in [2.45, 2.75) is 37.5 Å². The van der Waals surface area contributed by atoms with E-state index < -0.39 is 0 Å². The molecule has 3 rings (SSSR count). The van der Waals surface area contributed by atoms with E-state index in [2.05, 4.69) is 20.9 Å². The van der Waals surface area contributed by atoms with E-state index in [0.29, 0.717) is 12.0 Å². The van der Waals surface area contributed by atoms with Crippen molar-refractivity contribution in [2.75, 3.05) is 12.0 Å². The third kappa shape index (κ3) is 1.62. The van der Waals surface area contributed by atoms with Crippen molar-refractivity contribution >= 4 is 28.9 Å². The maximum absolute atomic E-state index is 6.11. The Morgan fingerprint density at radius 2 is 2.17 bits per heavy atom. The van der Waals surface area contributed by atoms with Gasteiger partial charge >= 0.3 is 0 Å². The molecule has 2 aromatic rings. The topological polar surface area (TPSA) is 61.7 Å². The second kappa shape index (κ2) is 4.19. The molecule has 1 aliphatic rings. The van der Waals surface area contributed by atoms with E-state index in [4.69, 9.17) is 5.73 Å². The molecule has 1 aliphatic carbocycles. The summed E-state index contributed by atoms with van der Waals surface area (Å²) >= 11 is 1.96. The molecule has 2 atom stereocenters. The predicted molar refractivity (Wildman–Crippen MR) is 75.8 cm³/mol. The van der Waals surface area contributed by atoms with Crippen LogP contribution in [0.5, 0.6) is 0 Å². The molecule has 0 aromatic carbocycles. The maximum Gasteiger partial charge on any atom is 0.202 e. The minimum atomic E-state index is 0.474. The fraction of sp³-hybridized carbons (Fsp3) is 0.667. The smallest absolute Gasteiger partial charge is 0.202 e. The molecule has 0 amide bonds. The van der Waals surface area contributed by atoms with Gasteiger partial charge in [0.1, 0.15) is 5.52 Å². The number of nitrogens with zero attached hydrogens (tertiary/aromatic N) is 4. The molecule has 0 radical (unpaired) electrons. The standard InChI is InChI=1S/C12H19N5S/c1-7-10-11(16(2)15-7)17(12(13)14-10)8-4-5-9(6-8)18-3/h8-9H,4-6H2,1-3H3,(H2,13,14). The van der Waals surface area contributed by atoms with Crippen molar-refractivity contribution in [1.29, 1.82) is 0 Å². The van der Waals surface area contributed by atoms with Gasteiger partial charge < -0.3 is 5.73 Å². The van der Waals surface area contributed by atoms with E-state index in [1.54, 1.807) is 0 Å². The Balaban J connectivity index is 2.09. The Labute approximate surface area is 111 Å². The monoisotopic (exact) mass is 265 g/mol. The molecule has 6 heteroatoms. The lowest BCUT2D eigenvalue weighted by Gasteiger charge is -2.15. The second-order valence-electron chi connectivity index (χ2n) is 5.05. The Morgan fingerprint density at radius 1 is 1.39 bits per heavy atom. The lowest BCUT2D eigenvalue weighted by atomic mass is 10.2. The van der Waals surface area contributed by atoms with Crippen molar-refractivity contribution in [3.63, 3.8) is 0 Å². The van der Waals surface area contributed by atoms with Crippen LogP contribution < -0.4 is 5.73 Å². The molecule has 18 heavy (non-hydrogen) atoms. The first kappa shape index (κ1) is 11.9. The fourth-order valence-corrected chi connectivity index (χ4v) is 3.83. The van der Waals surface area contributed by atoms with Gasteiger partial charge in [0.2, 0.25) is 5.95 Å². The number of nitrogen functional groups attached to an aromatic ring is 1. The first-order valence-electron chi connectivity index (χ1n) is 6.31. The highest BCUT2D eigenvalue weighted by atomic mass is 32.2. The predicted octanol–water partition coefficient (Wildman–Crippen LogP) is 2.12. The number of aromatic nitrogens is 4. The van der Waals surface area contributed by atoms with Crippen LogP contribution in [0.3, 0.4) is 0 Å².